The quantitative estimate of drug-likeness (QED) is 0.476. The van der Waals surface area contributed by atoms with Gasteiger partial charge >= 0.3 is 5.97 Å². The number of piperidine rings is 1. The standard InChI is InChI=1S/C15H20N2O2/c1-12(16-19-13(2)18)14-6-8-15(9-7-14)17-10-4-3-5-11-17/h6-9H,3-5,10-11H2,1-2H3/b16-12+. The Morgan fingerprint density at radius 3 is 2.32 bits per heavy atom. The number of nitrogens with zero attached hydrogens (tertiary/aromatic N) is 2. The molecule has 0 radical (unpaired) electrons. The number of carbonyl (C=O) groups is 1. The van der Waals surface area contributed by atoms with E-state index < -0.39 is 5.97 Å². The van der Waals surface area contributed by atoms with Gasteiger partial charge in [0.05, 0.1) is 5.71 Å². The fourth-order valence-corrected chi connectivity index (χ4v) is 2.25. The van der Waals surface area contributed by atoms with Crippen LogP contribution >= 0.6 is 0 Å². The topological polar surface area (TPSA) is 41.9 Å². The predicted octanol–water partition coefficient (Wildman–Crippen LogP) is 2.96. The van der Waals surface area contributed by atoms with Crippen molar-refractivity contribution in [2.45, 2.75) is 33.1 Å². The van der Waals surface area contributed by atoms with Crippen molar-refractivity contribution >= 4 is 17.4 Å². The van der Waals surface area contributed by atoms with E-state index >= 15 is 0 Å². The lowest BCUT2D eigenvalue weighted by Gasteiger charge is -2.28. The van der Waals surface area contributed by atoms with Crippen LogP contribution in [0.1, 0.15) is 38.7 Å². The molecule has 1 aromatic rings. The molecule has 1 saturated heterocycles. The van der Waals surface area contributed by atoms with Crippen LogP contribution in [0.15, 0.2) is 29.4 Å². The van der Waals surface area contributed by atoms with Crippen molar-refractivity contribution in [1.82, 2.24) is 0 Å². The van der Waals surface area contributed by atoms with Gasteiger partial charge in [-0.3, -0.25) is 0 Å². The van der Waals surface area contributed by atoms with E-state index in [1.54, 1.807) is 0 Å². The summed E-state index contributed by atoms with van der Waals surface area (Å²) in [5.41, 5.74) is 2.94. The zero-order valence-corrected chi connectivity index (χ0v) is 11.6. The molecule has 4 nitrogen and oxygen atoms in total. The highest BCUT2D eigenvalue weighted by Crippen LogP contribution is 2.20. The van der Waals surface area contributed by atoms with Gasteiger partial charge in [-0.2, -0.15) is 0 Å². The summed E-state index contributed by atoms with van der Waals surface area (Å²) >= 11 is 0. The highest BCUT2D eigenvalue weighted by atomic mass is 16.7. The number of hydrogen-bond donors (Lipinski definition) is 0. The molecule has 1 aliphatic heterocycles. The Morgan fingerprint density at radius 1 is 1.11 bits per heavy atom. The molecule has 0 amide bonds. The summed E-state index contributed by atoms with van der Waals surface area (Å²) in [6.07, 6.45) is 3.88. The van der Waals surface area contributed by atoms with Gasteiger partial charge in [-0.15, -0.1) is 0 Å². The second kappa shape index (κ2) is 6.36. The molecule has 4 heteroatoms. The molecule has 19 heavy (non-hydrogen) atoms. The zero-order valence-electron chi connectivity index (χ0n) is 11.6. The summed E-state index contributed by atoms with van der Waals surface area (Å²) in [6, 6.07) is 8.25. The van der Waals surface area contributed by atoms with Crippen molar-refractivity contribution in [3.8, 4) is 0 Å². The van der Waals surface area contributed by atoms with Gasteiger partial charge in [0.1, 0.15) is 0 Å². The van der Waals surface area contributed by atoms with Crippen molar-refractivity contribution in [3.63, 3.8) is 0 Å². The van der Waals surface area contributed by atoms with Gasteiger partial charge in [-0.1, -0.05) is 17.3 Å². The van der Waals surface area contributed by atoms with Crippen LogP contribution in [-0.4, -0.2) is 24.8 Å². The Balaban J connectivity index is 2.05. The first-order valence-corrected chi connectivity index (χ1v) is 6.74. The van der Waals surface area contributed by atoms with E-state index in [0.29, 0.717) is 5.71 Å². The van der Waals surface area contributed by atoms with Gasteiger partial charge in [-0.05, 0) is 43.9 Å². The van der Waals surface area contributed by atoms with Gasteiger partial charge in [0.2, 0.25) is 0 Å². The SMILES string of the molecule is CC(=O)O/N=C(\C)c1ccc(N2CCCCC2)cc1. The van der Waals surface area contributed by atoms with Gasteiger partial charge in [0, 0.05) is 25.7 Å². The fraction of sp³-hybridized carbons (Fsp3) is 0.467. The predicted molar refractivity (Wildman–Crippen MR) is 76.5 cm³/mol. The molecule has 0 bridgehead atoms. The van der Waals surface area contributed by atoms with Gasteiger partial charge < -0.3 is 9.74 Å². The Hall–Kier alpha value is -1.84. The van der Waals surface area contributed by atoms with Crippen LogP contribution in [0.3, 0.4) is 0 Å². The van der Waals surface area contributed by atoms with E-state index in [0.717, 1.165) is 18.7 Å². The molecule has 0 atom stereocenters. The third-order valence-electron chi connectivity index (χ3n) is 3.32. The summed E-state index contributed by atoms with van der Waals surface area (Å²) in [5.74, 6) is -0.399. The molecule has 0 aliphatic carbocycles. The minimum atomic E-state index is -0.399. The number of anilines is 1. The van der Waals surface area contributed by atoms with Crippen LogP contribution in [0.5, 0.6) is 0 Å². The first kappa shape index (κ1) is 13.6. The molecule has 102 valence electrons. The first-order chi connectivity index (χ1) is 9.16. The molecule has 1 heterocycles. The number of carbonyl (C=O) groups excluding carboxylic acids is 1. The molecule has 0 aromatic heterocycles. The summed E-state index contributed by atoms with van der Waals surface area (Å²) in [4.78, 5) is 17.8. The van der Waals surface area contributed by atoms with Crippen LogP contribution in [0.25, 0.3) is 0 Å². The summed E-state index contributed by atoms with van der Waals surface area (Å²) < 4.78 is 0. The number of benzene rings is 1. The van der Waals surface area contributed by atoms with Crippen molar-refractivity contribution in [2.75, 3.05) is 18.0 Å². The van der Waals surface area contributed by atoms with Crippen molar-refractivity contribution < 1.29 is 9.63 Å². The number of oxime groups is 1. The van der Waals surface area contributed by atoms with Gasteiger partial charge in [-0.25, -0.2) is 4.79 Å². The highest BCUT2D eigenvalue weighted by Gasteiger charge is 2.10. The van der Waals surface area contributed by atoms with Gasteiger partial charge in [0.25, 0.3) is 0 Å². The molecule has 0 N–H and O–H groups in total. The Morgan fingerprint density at radius 2 is 1.74 bits per heavy atom. The summed E-state index contributed by atoms with van der Waals surface area (Å²) in [5, 5.41) is 3.79. The van der Waals surface area contributed by atoms with Gasteiger partial charge in [0.15, 0.2) is 0 Å². The van der Waals surface area contributed by atoms with E-state index in [2.05, 4.69) is 27.0 Å². The lowest BCUT2D eigenvalue weighted by atomic mass is 10.1. The largest absolute Gasteiger partial charge is 0.372 e. The number of rotatable bonds is 3. The van der Waals surface area contributed by atoms with E-state index in [9.17, 15) is 4.79 Å². The normalized spacial score (nSPS) is 16.3. The van der Waals surface area contributed by atoms with E-state index in [1.807, 2.05) is 19.1 Å². The molecule has 1 fully saturated rings. The lowest BCUT2D eigenvalue weighted by molar-refractivity contribution is -0.140. The summed E-state index contributed by atoms with van der Waals surface area (Å²) in [7, 11) is 0. The monoisotopic (exact) mass is 260 g/mol. The molecule has 0 spiro atoms. The zero-order chi connectivity index (χ0) is 13.7. The maximum Gasteiger partial charge on any atom is 0.331 e. The van der Waals surface area contributed by atoms with Crippen LogP contribution in [-0.2, 0) is 9.63 Å². The Kier molecular flexibility index (Phi) is 4.55. The Bertz CT molecular complexity index is 460. The van der Waals surface area contributed by atoms with E-state index in [-0.39, 0.29) is 0 Å². The summed E-state index contributed by atoms with van der Waals surface area (Å²) in [6.45, 7) is 5.45. The molecule has 2 rings (SSSR count). The molecular weight excluding hydrogens is 240 g/mol. The highest BCUT2D eigenvalue weighted by molar-refractivity contribution is 5.98. The first-order valence-electron chi connectivity index (χ1n) is 6.74. The molecule has 1 aromatic carbocycles. The molecule has 0 saturated carbocycles. The fourth-order valence-electron chi connectivity index (χ4n) is 2.25. The smallest absolute Gasteiger partial charge is 0.331 e. The van der Waals surface area contributed by atoms with Crippen molar-refractivity contribution in [3.05, 3.63) is 29.8 Å². The van der Waals surface area contributed by atoms with Crippen molar-refractivity contribution in [2.24, 2.45) is 5.16 Å². The van der Waals surface area contributed by atoms with Crippen LogP contribution in [0.2, 0.25) is 0 Å². The number of hydrogen-bond acceptors (Lipinski definition) is 4. The molecule has 1 aliphatic rings. The van der Waals surface area contributed by atoms with Crippen molar-refractivity contribution in [1.29, 1.82) is 0 Å². The second-order valence-corrected chi connectivity index (χ2v) is 4.85. The van der Waals surface area contributed by atoms with Crippen LogP contribution in [0, 0.1) is 0 Å². The average Bonchev–Trinajstić information content (AvgIpc) is 2.46. The van der Waals surface area contributed by atoms with Crippen LogP contribution < -0.4 is 4.90 Å². The maximum atomic E-state index is 10.7. The van der Waals surface area contributed by atoms with E-state index in [1.165, 1.54) is 31.9 Å². The maximum absolute atomic E-state index is 10.7. The third-order valence-corrected chi connectivity index (χ3v) is 3.32. The lowest BCUT2D eigenvalue weighted by Crippen LogP contribution is -2.29. The minimum absolute atomic E-state index is 0.399. The second-order valence-electron chi connectivity index (χ2n) is 4.85. The molecule has 0 unspecified atom stereocenters. The molecular formula is C15H20N2O2. The Labute approximate surface area is 114 Å². The third kappa shape index (κ3) is 3.81. The van der Waals surface area contributed by atoms with E-state index in [4.69, 9.17) is 0 Å². The average molecular weight is 260 g/mol. The van der Waals surface area contributed by atoms with Crippen LogP contribution in [0.4, 0.5) is 5.69 Å². The minimum Gasteiger partial charge on any atom is -0.372 e.